The van der Waals surface area contributed by atoms with Gasteiger partial charge in [-0.2, -0.15) is 4.89 Å². The Kier molecular flexibility index (Phi) is 30.7. The molecule has 2 rings (SSSR count). The van der Waals surface area contributed by atoms with E-state index in [2.05, 4.69) is 42.5 Å². The molecular weight excluding hydrogens is 1090 g/mol. The van der Waals surface area contributed by atoms with Crippen molar-refractivity contribution in [2.24, 2.45) is 5.92 Å². The number of hydrogen-bond acceptors (Lipinski definition) is 16. The van der Waals surface area contributed by atoms with Gasteiger partial charge in [0.2, 0.25) is 23.6 Å². The summed E-state index contributed by atoms with van der Waals surface area (Å²) in [5, 5.41) is 58.4. The van der Waals surface area contributed by atoms with Gasteiger partial charge in [0.05, 0.1) is 19.6 Å². The van der Waals surface area contributed by atoms with E-state index < -0.39 is 143 Å². The van der Waals surface area contributed by atoms with E-state index >= 15 is 0 Å². The minimum atomic E-state index is -5.31. The third kappa shape index (κ3) is 28.7. The van der Waals surface area contributed by atoms with Gasteiger partial charge in [0.1, 0.15) is 29.9 Å². The summed E-state index contributed by atoms with van der Waals surface area (Å²) in [6, 6.07) is 8.70. The van der Waals surface area contributed by atoms with Crippen molar-refractivity contribution in [2.75, 3.05) is 45.9 Å². The van der Waals surface area contributed by atoms with Gasteiger partial charge in [-0.3, -0.25) is 48.2 Å². The van der Waals surface area contributed by atoms with E-state index in [1.165, 1.54) is 24.3 Å². The van der Waals surface area contributed by atoms with Crippen LogP contribution in [0.3, 0.4) is 0 Å². The Labute approximate surface area is 453 Å². The van der Waals surface area contributed by atoms with Gasteiger partial charge in [-0.15, -0.1) is 0 Å². The van der Waals surface area contributed by atoms with Crippen LogP contribution in [0.2, 0.25) is 0 Å². The molecule has 0 aliphatic heterocycles. The van der Waals surface area contributed by atoms with Gasteiger partial charge >= 0.3 is 51.1 Å². The van der Waals surface area contributed by atoms with Crippen molar-refractivity contribution in [1.82, 2.24) is 47.9 Å². The minimum Gasteiger partial charge on any atom is -0.484 e. The molecule has 0 aliphatic rings. The molecule has 0 spiro atoms. The van der Waals surface area contributed by atoms with Gasteiger partial charge in [0.15, 0.2) is 12.4 Å². The van der Waals surface area contributed by atoms with E-state index in [4.69, 9.17) is 9.84 Å². The highest BCUT2D eigenvalue weighted by Crippen LogP contribution is 2.49. The van der Waals surface area contributed by atoms with Crippen molar-refractivity contribution in [2.45, 2.75) is 101 Å². The molecule has 0 heterocycles. The first-order chi connectivity index (χ1) is 37.3. The quantitative estimate of drug-likeness (QED) is 0.0260. The third-order valence-electron chi connectivity index (χ3n) is 11.2. The number of nitrogens with one attached hydrogen (secondary N) is 9. The van der Waals surface area contributed by atoms with Gasteiger partial charge in [0.25, 0.3) is 5.91 Å². The molecule has 30 nitrogen and oxygen atoms in total. The smallest absolute Gasteiger partial charge is 0.484 e. The van der Waals surface area contributed by atoms with Crippen LogP contribution in [0.25, 0.3) is 0 Å². The number of aliphatic carboxylic acids is 4. The summed E-state index contributed by atoms with van der Waals surface area (Å²) in [5.74, 6) is -11.0. The Hall–Kier alpha value is -7.46. The molecule has 436 valence electrons. The molecule has 7 atom stereocenters. The Balaban J connectivity index is 2.09. The highest BCUT2D eigenvalue weighted by atomic mass is 31.2. The molecule has 0 saturated carbocycles. The number of unbranched alkanes of at least 4 members (excludes halogenated alkanes) is 1. The zero-order valence-corrected chi connectivity index (χ0v) is 44.7. The summed E-state index contributed by atoms with van der Waals surface area (Å²) in [4.78, 5) is 164. The highest BCUT2D eigenvalue weighted by Gasteiger charge is 2.47. The zero-order valence-electron chi connectivity index (χ0n) is 42.9. The SMILES string of the molecule is CCC[C@H](NC(=O)N[C@@H](CCCCNC(=O)[C@H](Cc1ccccc1)NC(=O)COc1ccc(C[C@H](CC(=O)CNC(=O)CCC(NCCNCC(=O)O)C(=O)O)C(=O)NCC(=O)NC([P+](=O)O)P(=O)(O)O)cc1)C(=O)O)C(=O)O. The molecule has 16 N–H and O–H groups in total. The maximum Gasteiger partial charge on any atom is 0.544 e. The standard InChI is InChI=1S/C47H67N9O21P2/c1-2-8-34(44(67)68)54-46(71)55-35(45(69)70)11-6-7-18-50-42(64)36(22-28-9-4-3-5-10-28)53-39(60)27-77-32-14-12-29(13-15-32)21-30(41(63)52-25-38(59)56-47(78(72)73)79(74,75)76)23-31(57)24-51-37(58)17-16-33(43(65)66)49-20-19-48-26-40(61)62/h3-5,9-10,12-15,30,33-36,47-49H,2,6-8,11,16-27H2,1H3,(H13-,50,51,52,53,54,55,56,58,59,60,61,62,63,64,65,66,67,68,69,70,71,72,73,74,75,76)/p+1/t30-,33?,34+,35+,36+,47?/m1/s1. The fourth-order valence-corrected chi connectivity index (χ4v) is 8.80. The van der Waals surface area contributed by atoms with E-state index in [1.807, 2.05) is 0 Å². The average molecular weight is 1160 g/mol. The largest absolute Gasteiger partial charge is 0.544 e. The predicted octanol–water partition coefficient (Wildman–Crippen LogP) is -1.76. The fraction of sp³-hybridized carbons (Fsp3) is 0.511. The molecule has 0 aliphatic carbocycles. The molecule has 32 heteroatoms. The summed E-state index contributed by atoms with van der Waals surface area (Å²) in [6.07, 6.45) is -0.206. The molecule has 7 amide bonds. The van der Waals surface area contributed by atoms with Gasteiger partial charge in [-0.05, 0) is 66.3 Å². The van der Waals surface area contributed by atoms with Gasteiger partial charge in [-0.25, -0.2) is 14.4 Å². The second-order valence-electron chi connectivity index (χ2n) is 17.6. The van der Waals surface area contributed by atoms with Gasteiger partial charge in [0, 0.05) is 44.8 Å². The molecule has 3 unspecified atom stereocenters. The van der Waals surface area contributed by atoms with E-state index in [0.717, 1.165) is 0 Å². The minimum absolute atomic E-state index is 0.0462. The highest BCUT2D eigenvalue weighted by molar-refractivity contribution is 7.65. The molecular formula is C47H68N9O21P2+. The Morgan fingerprint density at radius 3 is 1.81 bits per heavy atom. The zero-order chi connectivity index (χ0) is 59.1. The number of carbonyl (C=O) groups is 11. The summed E-state index contributed by atoms with van der Waals surface area (Å²) >= 11 is 0. The van der Waals surface area contributed by atoms with Crippen LogP contribution in [0.5, 0.6) is 5.75 Å². The lowest BCUT2D eigenvalue weighted by atomic mass is 9.93. The van der Waals surface area contributed by atoms with Crippen LogP contribution in [-0.2, 0) is 69.9 Å². The number of rotatable bonds is 40. The second kappa shape index (κ2) is 35.9. The summed E-state index contributed by atoms with van der Waals surface area (Å²) in [7, 11) is -8.91. The number of amides is 7. The molecule has 0 saturated heterocycles. The number of hydrogen-bond donors (Lipinski definition) is 16. The van der Waals surface area contributed by atoms with Crippen molar-refractivity contribution in [3.8, 4) is 5.75 Å². The van der Waals surface area contributed by atoms with Gasteiger partial charge in [-0.1, -0.05) is 55.8 Å². The molecule has 0 radical (unpaired) electrons. The van der Waals surface area contributed by atoms with Crippen molar-refractivity contribution >= 4 is 80.9 Å². The van der Waals surface area contributed by atoms with Crippen molar-refractivity contribution in [1.29, 1.82) is 0 Å². The second-order valence-corrected chi connectivity index (χ2v) is 20.9. The lowest BCUT2D eigenvalue weighted by Gasteiger charge is -2.20. The van der Waals surface area contributed by atoms with E-state index in [-0.39, 0.29) is 83.3 Å². The molecule has 79 heavy (non-hydrogen) atoms. The van der Waals surface area contributed by atoms with Crippen molar-refractivity contribution in [3.63, 3.8) is 0 Å². The molecule has 2 aromatic rings. The van der Waals surface area contributed by atoms with E-state index in [9.17, 15) is 91.9 Å². The Morgan fingerprint density at radius 2 is 1.23 bits per heavy atom. The number of benzene rings is 2. The maximum absolute atomic E-state index is 13.4. The number of ketones is 1. The first kappa shape index (κ1) is 67.6. The normalized spacial score (nSPS) is 13.5. The third-order valence-corrected chi connectivity index (χ3v) is 14.0. The number of urea groups is 1. The summed E-state index contributed by atoms with van der Waals surface area (Å²) < 4.78 is 28.7. The number of Topliss-reactive ketones (excluding diaryl/α,β-unsaturated/α-hetero) is 1. The van der Waals surface area contributed by atoms with Crippen LogP contribution < -0.4 is 52.6 Å². The Morgan fingerprint density at radius 1 is 0.608 bits per heavy atom. The van der Waals surface area contributed by atoms with Crippen molar-refractivity contribution < 1.29 is 102 Å². The predicted molar refractivity (Wildman–Crippen MR) is 276 cm³/mol. The number of carbonyl (C=O) groups excluding carboxylic acids is 7. The number of carboxylic acids is 4. The maximum atomic E-state index is 13.4. The molecule has 2 aromatic carbocycles. The van der Waals surface area contributed by atoms with Crippen LogP contribution in [0.1, 0.15) is 69.4 Å². The summed E-state index contributed by atoms with van der Waals surface area (Å²) in [5.41, 5.74) is -1.38. The van der Waals surface area contributed by atoms with Crippen LogP contribution in [0.4, 0.5) is 4.79 Å². The lowest BCUT2D eigenvalue weighted by molar-refractivity contribution is -0.140. The first-order valence-electron chi connectivity index (χ1n) is 24.6. The van der Waals surface area contributed by atoms with Crippen LogP contribution >= 0.6 is 15.6 Å². The lowest BCUT2D eigenvalue weighted by Crippen LogP contribution is -2.51. The Bertz CT molecular complexity index is 2470. The van der Waals surface area contributed by atoms with E-state index in [0.29, 0.717) is 17.5 Å². The molecule has 0 fully saturated rings. The molecule has 0 aromatic heterocycles. The number of carboxylic acid groups (broad SMARTS) is 4. The summed E-state index contributed by atoms with van der Waals surface area (Å²) in [6.45, 7) is -0.541. The average Bonchev–Trinajstić information content (AvgIpc) is 3.38. The van der Waals surface area contributed by atoms with Crippen molar-refractivity contribution in [3.05, 3.63) is 65.7 Å². The van der Waals surface area contributed by atoms with Gasteiger partial charge < -0.3 is 77.5 Å². The van der Waals surface area contributed by atoms with E-state index in [1.54, 1.807) is 42.6 Å². The van der Waals surface area contributed by atoms with Crippen LogP contribution in [0, 0.1) is 5.92 Å². The monoisotopic (exact) mass is 1160 g/mol. The van der Waals surface area contributed by atoms with Crippen LogP contribution in [0.15, 0.2) is 54.6 Å². The first-order valence-corrected chi connectivity index (χ1v) is 27.6. The fourth-order valence-electron chi connectivity index (χ4n) is 7.20. The topological polar surface area (TPSA) is 481 Å². The number of ether oxygens (including phenoxy) is 1. The van der Waals surface area contributed by atoms with Crippen LogP contribution in [-0.4, -0.2) is 176 Å². The molecule has 0 bridgehead atoms.